The number of hydrogen-bond acceptors (Lipinski definition) is 6. The number of carbonyl (C=O) groups is 1. The van der Waals surface area contributed by atoms with Gasteiger partial charge < -0.3 is 9.42 Å². The Labute approximate surface area is 161 Å². The Morgan fingerprint density at radius 1 is 1.36 bits per heavy atom. The van der Waals surface area contributed by atoms with Gasteiger partial charge in [0.15, 0.2) is 0 Å². The lowest BCUT2D eigenvalue weighted by molar-refractivity contribution is -0.384. The zero-order valence-corrected chi connectivity index (χ0v) is 15.7. The van der Waals surface area contributed by atoms with Crippen molar-refractivity contribution >= 4 is 22.7 Å². The third kappa shape index (κ3) is 3.21. The maximum absolute atomic E-state index is 13.3. The lowest BCUT2D eigenvalue weighted by Crippen LogP contribution is -2.39. The second-order valence-electron chi connectivity index (χ2n) is 7.31. The van der Waals surface area contributed by atoms with E-state index in [0.717, 1.165) is 12.8 Å². The van der Waals surface area contributed by atoms with Crippen molar-refractivity contribution in [1.82, 2.24) is 15.0 Å². The number of nitro benzene ring substituents is 1. The van der Waals surface area contributed by atoms with Crippen LogP contribution in [0.3, 0.4) is 0 Å². The molecule has 1 aliphatic rings. The molecule has 0 N–H and O–H groups in total. The van der Waals surface area contributed by atoms with Crippen LogP contribution in [0, 0.1) is 23.0 Å². The van der Waals surface area contributed by atoms with Gasteiger partial charge in [-0.05, 0) is 31.7 Å². The number of likely N-dealkylation sites (tertiary alicyclic amines) is 1. The van der Waals surface area contributed by atoms with Crippen molar-refractivity contribution in [3.05, 3.63) is 51.7 Å². The largest absolute Gasteiger partial charge is 0.338 e. The highest BCUT2D eigenvalue weighted by molar-refractivity contribution is 6.07. The first-order chi connectivity index (χ1) is 13.4. The summed E-state index contributed by atoms with van der Waals surface area (Å²) >= 11 is 0. The molecule has 3 aromatic rings. The van der Waals surface area contributed by atoms with Gasteiger partial charge in [-0.1, -0.05) is 24.2 Å². The van der Waals surface area contributed by atoms with Crippen molar-refractivity contribution in [3.8, 4) is 11.3 Å². The Hall–Kier alpha value is -3.29. The molecule has 1 saturated heterocycles. The second-order valence-corrected chi connectivity index (χ2v) is 7.31. The summed E-state index contributed by atoms with van der Waals surface area (Å²) in [6.07, 6.45) is 2.09. The highest BCUT2D eigenvalue weighted by Gasteiger charge is 2.26. The van der Waals surface area contributed by atoms with Crippen molar-refractivity contribution in [1.29, 1.82) is 0 Å². The van der Waals surface area contributed by atoms with Crippen LogP contribution in [0.2, 0.25) is 0 Å². The number of carbonyl (C=O) groups excluding carboxylic acids is 1. The number of nitrogens with zero attached hydrogens (tertiary/aromatic N) is 4. The summed E-state index contributed by atoms with van der Waals surface area (Å²) in [5.74, 6) is 0.367. The van der Waals surface area contributed by atoms with Gasteiger partial charge in [0.05, 0.1) is 27.3 Å². The molecule has 1 aromatic carbocycles. The van der Waals surface area contributed by atoms with Crippen molar-refractivity contribution in [2.45, 2.75) is 26.7 Å². The number of benzene rings is 1. The van der Waals surface area contributed by atoms with Crippen molar-refractivity contribution < 1.29 is 14.2 Å². The van der Waals surface area contributed by atoms with E-state index in [0.29, 0.717) is 46.9 Å². The van der Waals surface area contributed by atoms with Crippen LogP contribution >= 0.6 is 0 Å². The normalized spacial score (nSPS) is 17.1. The molecule has 1 atom stereocenters. The van der Waals surface area contributed by atoms with Gasteiger partial charge in [0, 0.05) is 30.8 Å². The number of piperidine rings is 1. The van der Waals surface area contributed by atoms with Gasteiger partial charge >= 0.3 is 0 Å². The highest BCUT2D eigenvalue weighted by atomic mass is 16.6. The van der Waals surface area contributed by atoms with Gasteiger partial charge in [-0.2, -0.15) is 0 Å². The van der Waals surface area contributed by atoms with E-state index < -0.39 is 4.92 Å². The minimum atomic E-state index is -0.457. The number of pyridine rings is 1. The van der Waals surface area contributed by atoms with E-state index in [1.54, 1.807) is 25.1 Å². The molecular weight excluding hydrogens is 360 g/mol. The first-order valence-corrected chi connectivity index (χ1v) is 9.25. The minimum absolute atomic E-state index is 0.0362. The topological polar surface area (TPSA) is 102 Å². The Balaban J connectivity index is 1.83. The zero-order valence-electron chi connectivity index (χ0n) is 15.7. The van der Waals surface area contributed by atoms with Gasteiger partial charge in [0.2, 0.25) is 0 Å². The lowest BCUT2D eigenvalue weighted by Gasteiger charge is -2.31. The summed E-state index contributed by atoms with van der Waals surface area (Å²) in [7, 11) is 0. The van der Waals surface area contributed by atoms with Gasteiger partial charge in [-0.15, -0.1) is 0 Å². The Bertz CT molecular complexity index is 1080. The standard InChI is InChI=1S/C20H20N4O4/c1-12-5-4-8-23(11-12)20(25)16-10-17(21-19-18(16)13(2)22-28-19)14-6-3-7-15(9-14)24(26)27/h3,6-7,9-10,12H,4-5,8,11H2,1-2H3/t12-/m0/s1. The molecule has 1 fully saturated rings. The van der Waals surface area contributed by atoms with Crippen LogP contribution in [-0.4, -0.2) is 39.0 Å². The SMILES string of the molecule is Cc1noc2nc(-c3cccc([N+](=O)[O-])c3)cc(C(=O)N3CCC[C@H](C)C3)c12. The molecule has 28 heavy (non-hydrogen) atoms. The van der Waals surface area contributed by atoms with Crippen molar-refractivity contribution in [2.24, 2.45) is 5.92 Å². The van der Waals surface area contributed by atoms with Gasteiger partial charge in [0.1, 0.15) is 0 Å². The fraction of sp³-hybridized carbons (Fsp3) is 0.350. The molecule has 0 aliphatic carbocycles. The zero-order chi connectivity index (χ0) is 19.8. The van der Waals surface area contributed by atoms with Crippen molar-refractivity contribution in [2.75, 3.05) is 13.1 Å². The third-order valence-corrected chi connectivity index (χ3v) is 5.14. The number of rotatable bonds is 3. The molecule has 0 radical (unpaired) electrons. The van der Waals surface area contributed by atoms with E-state index in [1.165, 1.54) is 12.1 Å². The predicted octanol–water partition coefficient (Wildman–Crippen LogP) is 3.98. The van der Waals surface area contributed by atoms with E-state index in [4.69, 9.17) is 4.52 Å². The number of nitro groups is 1. The second kappa shape index (κ2) is 7.03. The molecule has 0 bridgehead atoms. The Morgan fingerprint density at radius 2 is 2.18 bits per heavy atom. The average Bonchev–Trinajstić information content (AvgIpc) is 3.08. The molecule has 0 unspecified atom stereocenters. The van der Waals surface area contributed by atoms with E-state index in [1.807, 2.05) is 4.90 Å². The van der Waals surface area contributed by atoms with Crippen LogP contribution < -0.4 is 0 Å². The first kappa shape index (κ1) is 18.1. The number of hydrogen-bond donors (Lipinski definition) is 0. The Kier molecular flexibility index (Phi) is 4.54. The molecule has 4 rings (SSSR count). The summed E-state index contributed by atoms with van der Waals surface area (Å²) < 4.78 is 5.32. The first-order valence-electron chi connectivity index (χ1n) is 9.25. The number of fused-ring (bicyclic) bond motifs is 1. The molecule has 3 heterocycles. The molecule has 0 saturated carbocycles. The Morgan fingerprint density at radius 3 is 2.93 bits per heavy atom. The lowest BCUT2D eigenvalue weighted by atomic mass is 9.98. The number of aryl methyl sites for hydroxylation is 1. The summed E-state index contributed by atoms with van der Waals surface area (Å²) in [5.41, 5.74) is 2.29. The highest BCUT2D eigenvalue weighted by Crippen LogP contribution is 2.30. The van der Waals surface area contributed by atoms with Gasteiger partial charge in [-0.25, -0.2) is 4.98 Å². The molecular formula is C20H20N4O4. The predicted molar refractivity (Wildman–Crippen MR) is 103 cm³/mol. The summed E-state index contributed by atoms with van der Waals surface area (Å²) in [6.45, 7) is 5.33. The van der Waals surface area contributed by atoms with E-state index in [9.17, 15) is 14.9 Å². The number of amides is 1. The maximum Gasteiger partial charge on any atom is 0.270 e. The maximum atomic E-state index is 13.3. The molecule has 1 amide bonds. The summed E-state index contributed by atoms with van der Waals surface area (Å²) in [5, 5.41) is 15.7. The third-order valence-electron chi connectivity index (χ3n) is 5.14. The van der Waals surface area contributed by atoms with E-state index in [-0.39, 0.29) is 17.3 Å². The quantitative estimate of drug-likeness (QED) is 0.503. The van der Waals surface area contributed by atoms with Crippen molar-refractivity contribution in [3.63, 3.8) is 0 Å². The summed E-state index contributed by atoms with van der Waals surface area (Å²) in [6, 6.07) is 7.87. The van der Waals surface area contributed by atoms with Gasteiger partial charge in [0.25, 0.3) is 17.3 Å². The summed E-state index contributed by atoms with van der Waals surface area (Å²) in [4.78, 5) is 30.2. The minimum Gasteiger partial charge on any atom is -0.338 e. The molecule has 8 nitrogen and oxygen atoms in total. The molecule has 144 valence electrons. The van der Waals surface area contributed by atoms with Crippen LogP contribution in [0.25, 0.3) is 22.4 Å². The number of aromatic nitrogens is 2. The van der Waals surface area contributed by atoms with E-state index >= 15 is 0 Å². The van der Waals surface area contributed by atoms with Crippen LogP contribution in [0.4, 0.5) is 5.69 Å². The van der Waals surface area contributed by atoms with Crippen LogP contribution in [0.1, 0.15) is 35.8 Å². The fourth-order valence-electron chi connectivity index (χ4n) is 3.73. The average molecular weight is 380 g/mol. The monoisotopic (exact) mass is 380 g/mol. The fourth-order valence-corrected chi connectivity index (χ4v) is 3.73. The smallest absolute Gasteiger partial charge is 0.270 e. The van der Waals surface area contributed by atoms with Crippen LogP contribution in [0.5, 0.6) is 0 Å². The molecule has 8 heteroatoms. The van der Waals surface area contributed by atoms with Crippen LogP contribution in [-0.2, 0) is 0 Å². The molecule has 0 spiro atoms. The number of non-ortho nitro benzene ring substituents is 1. The van der Waals surface area contributed by atoms with Crippen LogP contribution in [0.15, 0.2) is 34.9 Å². The molecule has 1 aliphatic heterocycles. The van der Waals surface area contributed by atoms with E-state index in [2.05, 4.69) is 17.1 Å². The molecule has 2 aromatic heterocycles. The van der Waals surface area contributed by atoms with Gasteiger partial charge in [-0.3, -0.25) is 14.9 Å².